The van der Waals surface area contributed by atoms with Gasteiger partial charge in [-0.15, -0.1) is 0 Å². The molecule has 0 bridgehead atoms. The van der Waals surface area contributed by atoms with Gasteiger partial charge in [0.15, 0.2) is 0 Å². The molecule has 1 aromatic carbocycles. The normalized spacial score (nSPS) is 12.3. The molecule has 1 amide bonds. The molecule has 1 aromatic rings. The Hall–Kier alpha value is -1.55. The van der Waals surface area contributed by atoms with Crippen LogP contribution in [0.4, 0.5) is 0 Å². The van der Waals surface area contributed by atoms with E-state index in [9.17, 15) is 4.79 Å². The molecule has 2 N–H and O–H groups in total. The van der Waals surface area contributed by atoms with E-state index in [-0.39, 0.29) is 11.8 Å². The first-order chi connectivity index (χ1) is 8.45. The van der Waals surface area contributed by atoms with Crippen LogP contribution in [0.3, 0.4) is 0 Å². The van der Waals surface area contributed by atoms with Gasteiger partial charge in [0.05, 0.1) is 13.2 Å². The SMILES string of the molecule is COc1ccc(CN(C)C(=O)[C@@H](N)C(C)C)cc1. The summed E-state index contributed by atoms with van der Waals surface area (Å²) in [6.07, 6.45) is 0. The molecule has 0 aliphatic heterocycles. The summed E-state index contributed by atoms with van der Waals surface area (Å²) in [5.41, 5.74) is 6.91. The average Bonchev–Trinajstić information content (AvgIpc) is 2.37. The third kappa shape index (κ3) is 3.74. The Bertz CT molecular complexity index is 387. The number of ether oxygens (including phenoxy) is 1. The maximum Gasteiger partial charge on any atom is 0.239 e. The molecule has 0 heterocycles. The Morgan fingerprint density at radius 1 is 1.33 bits per heavy atom. The maximum absolute atomic E-state index is 12.0. The second-order valence-corrected chi connectivity index (χ2v) is 4.81. The van der Waals surface area contributed by atoms with Gasteiger partial charge in [-0.2, -0.15) is 0 Å². The number of hydrogen-bond donors (Lipinski definition) is 1. The second-order valence-electron chi connectivity index (χ2n) is 4.81. The smallest absolute Gasteiger partial charge is 0.239 e. The molecule has 0 unspecified atom stereocenters. The van der Waals surface area contributed by atoms with Crippen LogP contribution in [0.15, 0.2) is 24.3 Å². The van der Waals surface area contributed by atoms with Crippen LogP contribution in [0.1, 0.15) is 19.4 Å². The quantitative estimate of drug-likeness (QED) is 0.864. The van der Waals surface area contributed by atoms with E-state index >= 15 is 0 Å². The summed E-state index contributed by atoms with van der Waals surface area (Å²) in [5, 5.41) is 0. The Morgan fingerprint density at radius 2 is 1.89 bits per heavy atom. The first kappa shape index (κ1) is 14.5. The molecule has 0 saturated heterocycles. The summed E-state index contributed by atoms with van der Waals surface area (Å²) in [6.45, 7) is 4.46. The third-order valence-electron chi connectivity index (χ3n) is 2.96. The number of amides is 1. The lowest BCUT2D eigenvalue weighted by molar-refractivity contribution is -0.132. The van der Waals surface area contributed by atoms with E-state index in [0.29, 0.717) is 6.54 Å². The molecular weight excluding hydrogens is 228 g/mol. The Balaban J connectivity index is 2.63. The van der Waals surface area contributed by atoms with Crippen LogP contribution in [0.25, 0.3) is 0 Å². The van der Waals surface area contributed by atoms with Crippen molar-refractivity contribution in [2.24, 2.45) is 11.7 Å². The van der Waals surface area contributed by atoms with Gasteiger partial charge < -0.3 is 15.4 Å². The fraction of sp³-hybridized carbons (Fsp3) is 0.500. The zero-order valence-corrected chi connectivity index (χ0v) is 11.5. The van der Waals surface area contributed by atoms with Crippen molar-refractivity contribution in [2.75, 3.05) is 14.2 Å². The van der Waals surface area contributed by atoms with Gasteiger partial charge in [0.2, 0.25) is 5.91 Å². The first-order valence-electron chi connectivity index (χ1n) is 6.09. The van der Waals surface area contributed by atoms with Crippen LogP contribution < -0.4 is 10.5 Å². The van der Waals surface area contributed by atoms with Gasteiger partial charge in [-0.05, 0) is 23.6 Å². The van der Waals surface area contributed by atoms with E-state index in [1.54, 1.807) is 19.1 Å². The molecule has 0 fully saturated rings. The van der Waals surface area contributed by atoms with Gasteiger partial charge in [-0.3, -0.25) is 4.79 Å². The number of nitrogens with zero attached hydrogens (tertiary/aromatic N) is 1. The predicted molar refractivity (Wildman–Crippen MR) is 72.3 cm³/mol. The summed E-state index contributed by atoms with van der Waals surface area (Å²) < 4.78 is 5.09. The van der Waals surface area contributed by atoms with E-state index in [4.69, 9.17) is 10.5 Å². The van der Waals surface area contributed by atoms with Gasteiger partial charge in [0.25, 0.3) is 0 Å². The maximum atomic E-state index is 12.0. The molecule has 1 rings (SSSR count). The van der Waals surface area contributed by atoms with Crippen molar-refractivity contribution in [3.63, 3.8) is 0 Å². The van der Waals surface area contributed by atoms with Crippen LogP contribution in [0.2, 0.25) is 0 Å². The fourth-order valence-electron chi connectivity index (χ4n) is 1.62. The van der Waals surface area contributed by atoms with Crippen LogP contribution in [0, 0.1) is 5.92 Å². The van der Waals surface area contributed by atoms with E-state index in [2.05, 4.69) is 0 Å². The van der Waals surface area contributed by atoms with Crippen molar-refractivity contribution >= 4 is 5.91 Å². The van der Waals surface area contributed by atoms with Crippen LogP contribution in [-0.4, -0.2) is 31.0 Å². The summed E-state index contributed by atoms with van der Waals surface area (Å²) >= 11 is 0. The van der Waals surface area contributed by atoms with Gasteiger partial charge >= 0.3 is 0 Å². The number of carbonyl (C=O) groups excluding carboxylic acids is 1. The van der Waals surface area contributed by atoms with Crippen molar-refractivity contribution in [1.82, 2.24) is 4.90 Å². The molecule has 4 nitrogen and oxygen atoms in total. The van der Waals surface area contributed by atoms with Gasteiger partial charge in [0, 0.05) is 13.6 Å². The summed E-state index contributed by atoms with van der Waals surface area (Å²) in [6, 6.07) is 7.23. The fourth-order valence-corrected chi connectivity index (χ4v) is 1.62. The molecule has 0 radical (unpaired) electrons. The lowest BCUT2D eigenvalue weighted by atomic mass is 10.0. The van der Waals surface area contributed by atoms with Gasteiger partial charge in [0.1, 0.15) is 5.75 Å². The standard InChI is InChI=1S/C14H22N2O2/c1-10(2)13(15)14(17)16(3)9-11-5-7-12(18-4)8-6-11/h5-8,10,13H,9,15H2,1-4H3/t13-/m0/s1. The third-order valence-corrected chi connectivity index (χ3v) is 2.96. The highest BCUT2D eigenvalue weighted by molar-refractivity contribution is 5.81. The average molecular weight is 250 g/mol. The molecule has 0 saturated carbocycles. The number of benzene rings is 1. The molecule has 4 heteroatoms. The summed E-state index contributed by atoms with van der Waals surface area (Å²) in [5.74, 6) is 0.934. The van der Waals surface area contributed by atoms with Crippen molar-refractivity contribution in [1.29, 1.82) is 0 Å². The molecule has 0 spiro atoms. The first-order valence-corrected chi connectivity index (χ1v) is 6.09. The summed E-state index contributed by atoms with van der Waals surface area (Å²) in [7, 11) is 3.40. The number of nitrogens with two attached hydrogens (primary N) is 1. The van der Waals surface area contributed by atoms with Crippen molar-refractivity contribution < 1.29 is 9.53 Å². The number of likely N-dealkylation sites (N-methyl/N-ethyl adjacent to an activating group) is 1. The van der Waals surface area contributed by atoms with E-state index in [1.807, 2.05) is 38.1 Å². The minimum Gasteiger partial charge on any atom is -0.497 e. The molecule has 100 valence electrons. The number of methoxy groups -OCH3 is 1. The van der Waals surface area contributed by atoms with Crippen LogP contribution >= 0.6 is 0 Å². The Morgan fingerprint density at radius 3 is 2.33 bits per heavy atom. The Kier molecular flexibility index (Phi) is 5.16. The molecular formula is C14H22N2O2. The molecule has 1 atom stereocenters. The Labute approximate surface area is 109 Å². The zero-order chi connectivity index (χ0) is 13.7. The van der Waals surface area contributed by atoms with E-state index in [1.165, 1.54) is 0 Å². The van der Waals surface area contributed by atoms with Gasteiger partial charge in [-0.1, -0.05) is 26.0 Å². The van der Waals surface area contributed by atoms with Gasteiger partial charge in [-0.25, -0.2) is 0 Å². The number of rotatable bonds is 5. The minimum absolute atomic E-state index is 0.0270. The predicted octanol–water partition coefficient (Wildman–Crippen LogP) is 1.64. The number of hydrogen-bond acceptors (Lipinski definition) is 3. The zero-order valence-electron chi connectivity index (χ0n) is 11.5. The lowest BCUT2D eigenvalue weighted by Crippen LogP contribution is -2.44. The summed E-state index contributed by atoms with van der Waals surface area (Å²) in [4.78, 5) is 13.6. The van der Waals surface area contributed by atoms with Crippen molar-refractivity contribution in [2.45, 2.75) is 26.4 Å². The van der Waals surface area contributed by atoms with E-state index < -0.39 is 6.04 Å². The van der Waals surface area contributed by atoms with Crippen LogP contribution in [0.5, 0.6) is 5.75 Å². The van der Waals surface area contributed by atoms with Crippen molar-refractivity contribution in [3.8, 4) is 5.75 Å². The monoisotopic (exact) mass is 250 g/mol. The topological polar surface area (TPSA) is 55.6 Å². The molecule has 18 heavy (non-hydrogen) atoms. The molecule has 0 aliphatic carbocycles. The second kappa shape index (κ2) is 6.40. The highest BCUT2D eigenvalue weighted by Crippen LogP contribution is 2.13. The molecule has 0 aromatic heterocycles. The van der Waals surface area contributed by atoms with Crippen molar-refractivity contribution in [3.05, 3.63) is 29.8 Å². The molecule has 0 aliphatic rings. The lowest BCUT2D eigenvalue weighted by Gasteiger charge is -2.23. The van der Waals surface area contributed by atoms with E-state index in [0.717, 1.165) is 11.3 Å². The van der Waals surface area contributed by atoms with Crippen LogP contribution in [-0.2, 0) is 11.3 Å². The number of carbonyl (C=O) groups is 1. The largest absolute Gasteiger partial charge is 0.497 e. The highest BCUT2D eigenvalue weighted by Gasteiger charge is 2.20. The highest BCUT2D eigenvalue weighted by atomic mass is 16.5. The minimum atomic E-state index is -0.437.